The smallest absolute Gasteiger partial charge is 0.133 e. The van der Waals surface area contributed by atoms with Crippen LogP contribution in [-0.4, -0.2) is 13.3 Å². The molecule has 0 aliphatic heterocycles. The van der Waals surface area contributed by atoms with Crippen molar-refractivity contribution in [2.24, 2.45) is 0 Å². The molecule has 0 fully saturated rings. The lowest BCUT2D eigenvalue weighted by molar-refractivity contribution is 0.294. The van der Waals surface area contributed by atoms with Crippen molar-refractivity contribution in [3.63, 3.8) is 0 Å². The van der Waals surface area contributed by atoms with Gasteiger partial charge in [-0.25, -0.2) is 0 Å². The third-order valence-electron chi connectivity index (χ3n) is 2.63. The van der Waals surface area contributed by atoms with E-state index in [2.05, 4.69) is 11.4 Å². The number of thioether (sulfide) groups is 1. The summed E-state index contributed by atoms with van der Waals surface area (Å²) in [4.78, 5) is 1.15. The van der Waals surface area contributed by atoms with E-state index >= 15 is 0 Å². The molecule has 0 spiro atoms. The fourth-order valence-electron chi connectivity index (χ4n) is 1.70. The first-order chi connectivity index (χ1) is 8.85. The highest BCUT2D eigenvalue weighted by Crippen LogP contribution is 2.27. The number of hydrogen-bond donors (Lipinski definition) is 1. The van der Waals surface area contributed by atoms with Gasteiger partial charge in [-0.1, -0.05) is 12.1 Å². The summed E-state index contributed by atoms with van der Waals surface area (Å²) in [6.45, 7) is 1.25. The highest BCUT2D eigenvalue weighted by Gasteiger charge is 2.07. The van der Waals surface area contributed by atoms with Crippen LogP contribution in [0.1, 0.15) is 11.3 Å². The van der Waals surface area contributed by atoms with E-state index in [-0.39, 0.29) is 0 Å². The molecule has 0 aliphatic carbocycles. The number of ether oxygens (including phenoxy) is 1. The van der Waals surface area contributed by atoms with Crippen LogP contribution in [0.2, 0.25) is 0 Å². The van der Waals surface area contributed by atoms with E-state index in [0.717, 1.165) is 28.5 Å². The quantitative estimate of drug-likeness (QED) is 0.811. The average Bonchev–Trinajstić information content (AvgIpc) is 2.84. The van der Waals surface area contributed by atoms with Crippen LogP contribution < -0.4 is 10.1 Å². The Hall–Kier alpha value is -1.39. The third-order valence-corrected chi connectivity index (χ3v) is 3.40. The highest BCUT2D eigenvalue weighted by atomic mass is 32.2. The Morgan fingerprint density at radius 3 is 2.89 bits per heavy atom. The monoisotopic (exact) mass is 263 g/mol. The molecule has 96 valence electrons. The molecule has 2 aromatic rings. The van der Waals surface area contributed by atoms with Crippen LogP contribution in [0, 0.1) is 0 Å². The van der Waals surface area contributed by atoms with Crippen molar-refractivity contribution in [3.05, 3.63) is 47.9 Å². The number of para-hydroxylation sites is 1. The first kappa shape index (κ1) is 13.1. The van der Waals surface area contributed by atoms with E-state index in [4.69, 9.17) is 9.15 Å². The molecule has 0 bridgehead atoms. The molecular weight excluding hydrogens is 246 g/mol. The van der Waals surface area contributed by atoms with Gasteiger partial charge < -0.3 is 14.5 Å². The van der Waals surface area contributed by atoms with Crippen LogP contribution in [0.3, 0.4) is 0 Å². The van der Waals surface area contributed by atoms with Gasteiger partial charge in [0.25, 0.3) is 0 Å². The van der Waals surface area contributed by atoms with Gasteiger partial charge in [0.1, 0.15) is 18.1 Å². The van der Waals surface area contributed by atoms with Crippen LogP contribution in [0.15, 0.2) is 45.9 Å². The van der Waals surface area contributed by atoms with Gasteiger partial charge in [-0.15, -0.1) is 11.8 Å². The lowest BCUT2D eigenvalue weighted by Gasteiger charge is -2.09. The molecule has 0 aliphatic rings. The number of hydrogen-bond acceptors (Lipinski definition) is 4. The summed E-state index contributed by atoms with van der Waals surface area (Å²) in [5.41, 5.74) is 1.08. The van der Waals surface area contributed by atoms with Crippen molar-refractivity contribution >= 4 is 11.8 Å². The average molecular weight is 263 g/mol. The van der Waals surface area contributed by atoms with Crippen molar-refractivity contribution in [3.8, 4) is 5.75 Å². The van der Waals surface area contributed by atoms with Crippen molar-refractivity contribution < 1.29 is 9.15 Å². The summed E-state index contributed by atoms with van der Waals surface area (Å²) >= 11 is 1.69. The molecule has 2 rings (SSSR count). The maximum Gasteiger partial charge on any atom is 0.133 e. The Labute approximate surface area is 112 Å². The second kappa shape index (κ2) is 6.52. The van der Waals surface area contributed by atoms with E-state index in [0.29, 0.717) is 6.61 Å². The molecule has 0 saturated carbocycles. The minimum Gasteiger partial charge on any atom is -0.488 e. The first-order valence-electron chi connectivity index (χ1n) is 5.81. The second-order valence-corrected chi connectivity index (χ2v) is 4.69. The maximum atomic E-state index is 5.85. The molecule has 1 aromatic carbocycles. The molecule has 18 heavy (non-hydrogen) atoms. The van der Waals surface area contributed by atoms with E-state index in [9.17, 15) is 0 Å². The maximum absolute atomic E-state index is 5.85. The van der Waals surface area contributed by atoms with Crippen molar-refractivity contribution in [1.82, 2.24) is 5.32 Å². The Morgan fingerprint density at radius 2 is 2.11 bits per heavy atom. The van der Waals surface area contributed by atoms with Crippen molar-refractivity contribution in [1.29, 1.82) is 0 Å². The van der Waals surface area contributed by atoms with Crippen molar-refractivity contribution in [2.45, 2.75) is 18.0 Å². The number of furan rings is 1. The van der Waals surface area contributed by atoms with Crippen LogP contribution in [0.4, 0.5) is 0 Å². The second-order valence-electron chi connectivity index (χ2n) is 3.84. The van der Waals surface area contributed by atoms with Gasteiger partial charge in [-0.2, -0.15) is 0 Å². The number of nitrogens with one attached hydrogen (secondary N) is 1. The van der Waals surface area contributed by atoms with Crippen LogP contribution in [0.25, 0.3) is 0 Å². The largest absolute Gasteiger partial charge is 0.488 e. The molecule has 0 radical (unpaired) electrons. The Kier molecular flexibility index (Phi) is 4.73. The fraction of sp³-hybridized carbons (Fsp3) is 0.286. The molecule has 1 N–H and O–H groups in total. The zero-order valence-corrected chi connectivity index (χ0v) is 11.4. The molecule has 1 aromatic heterocycles. The minimum atomic E-state index is 0.533. The lowest BCUT2D eigenvalue weighted by atomic mass is 10.2. The van der Waals surface area contributed by atoms with Gasteiger partial charge in [0.05, 0.1) is 12.8 Å². The number of benzene rings is 1. The number of rotatable bonds is 6. The van der Waals surface area contributed by atoms with Crippen LogP contribution in [0.5, 0.6) is 5.75 Å². The van der Waals surface area contributed by atoms with Gasteiger partial charge in [0, 0.05) is 10.5 Å². The topological polar surface area (TPSA) is 34.4 Å². The molecule has 0 atom stereocenters. The predicted octanol–water partition coefficient (Wildman–Crippen LogP) is 3.30. The Morgan fingerprint density at radius 1 is 1.28 bits per heavy atom. The SMILES string of the molecule is CNCc1occc1COc1ccccc1SC. The zero-order valence-electron chi connectivity index (χ0n) is 10.6. The van der Waals surface area contributed by atoms with Gasteiger partial charge in [0.15, 0.2) is 0 Å². The first-order valence-corrected chi connectivity index (χ1v) is 7.03. The summed E-state index contributed by atoms with van der Waals surface area (Å²) in [5, 5.41) is 3.08. The van der Waals surface area contributed by atoms with E-state index in [1.165, 1.54) is 0 Å². The van der Waals surface area contributed by atoms with E-state index in [1.807, 2.05) is 37.6 Å². The summed E-state index contributed by atoms with van der Waals surface area (Å²) in [7, 11) is 1.90. The van der Waals surface area contributed by atoms with Gasteiger partial charge in [0.2, 0.25) is 0 Å². The summed E-state index contributed by atoms with van der Waals surface area (Å²) in [6.07, 6.45) is 3.75. The normalized spacial score (nSPS) is 10.6. The molecular formula is C14H17NO2S. The molecule has 0 unspecified atom stereocenters. The molecule has 4 heteroatoms. The molecule has 3 nitrogen and oxygen atoms in total. The predicted molar refractivity (Wildman–Crippen MR) is 74.0 cm³/mol. The van der Waals surface area contributed by atoms with Gasteiger partial charge >= 0.3 is 0 Å². The summed E-state index contributed by atoms with van der Waals surface area (Å²) in [5.74, 6) is 1.85. The van der Waals surface area contributed by atoms with E-state index in [1.54, 1.807) is 18.0 Å². The summed E-state index contributed by atoms with van der Waals surface area (Å²) in [6, 6.07) is 10.0. The molecule has 0 saturated heterocycles. The standard InChI is InChI=1S/C14H17NO2S/c1-15-9-13-11(7-8-16-13)10-17-12-5-3-4-6-14(12)18-2/h3-8,15H,9-10H2,1-2H3. The molecule has 1 heterocycles. The molecule has 0 amide bonds. The summed E-state index contributed by atoms with van der Waals surface area (Å²) < 4.78 is 11.3. The van der Waals surface area contributed by atoms with Gasteiger partial charge in [-0.05, 0) is 31.5 Å². The zero-order chi connectivity index (χ0) is 12.8. The van der Waals surface area contributed by atoms with Crippen LogP contribution >= 0.6 is 11.8 Å². The van der Waals surface area contributed by atoms with E-state index < -0.39 is 0 Å². The highest BCUT2D eigenvalue weighted by molar-refractivity contribution is 7.98. The van der Waals surface area contributed by atoms with Crippen LogP contribution in [-0.2, 0) is 13.2 Å². The lowest BCUT2D eigenvalue weighted by Crippen LogP contribution is -2.07. The Bertz CT molecular complexity index is 496. The third kappa shape index (κ3) is 3.09. The minimum absolute atomic E-state index is 0.533. The van der Waals surface area contributed by atoms with Crippen molar-refractivity contribution in [2.75, 3.05) is 13.3 Å². The van der Waals surface area contributed by atoms with Gasteiger partial charge in [-0.3, -0.25) is 0 Å². The fourth-order valence-corrected chi connectivity index (χ4v) is 2.25. The Balaban J connectivity index is 2.04.